The molecular weight excluding hydrogens is 226 g/mol. The van der Waals surface area contributed by atoms with Crippen molar-refractivity contribution in [2.45, 2.75) is 32.3 Å². The van der Waals surface area contributed by atoms with E-state index in [0.717, 1.165) is 43.7 Å². The Labute approximate surface area is 108 Å². The van der Waals surface area contributed by atoms with Crippen molar-refractivity contribution >= 4 is 5.78 Å². The third-order valence-corrected chi connectivity index (χ3v) is 3.89. The molecule has 2 heterocycles. The SMILES string of the molecule is CC1Cc2cc(C(=O)C3CCNCC3)ccc2O1. The number of hydrogen-bond acceptors (Lipinski definition) is 3. The lowest BCUT2D eigenvalue weighted by Crippen LogP contribution is -2.31. The van der Waals surface area contributed by atoms with Crippen molar-refractivity contribution in [3.05, 3.63) is 29.3 Å². The van der Waals surface area contributed by atoms with Gasteiger partial charge in [0.15, 0.2) is 5.78 Å². The molecule has 3 nitrogen and oxygen atoms in total. The monoisotopic (exact) mass is 245 g/mol. The normalized spacial score (nSPS) is 23.5. The lowest BCUT2D eigenvalue weighted by molar-refractivity contribution is 0.0895. The number of Topliss-reactive ketones (excluding diaryl/α,β-unsaturated/α-hetero) is 1. The summed E-state index contributed by atoms with van der Waals surface area (Å²) in [6.07, 6.45) is 3.08. The molecule has 0 saturated carbocycles. The fraction of sp³-hybridized carbons (Fsp3) is 0.533. The van der Waals surface area contributed by atoms with Gasteiger partial charge in [-0.3, -0.25) is 4.79 Å². The summed E-state index contributed by atoms with van der Waals surface area (Å²) in [7, 11) is 0. The van der Waals surface area contributed by atoms with Crippen LogP contribution in [0, 0.1) is 5.92 Å². The Hall–Kier alpha value is -1.35. The number of hydrogen-bond donors (Lipinski definition) is 1. The molecule has 18 heavy (non-hydrogen) atoms. The molecule has 1 saturated heterocycles. The van der Waals surface area contributed by atoms with Crippen LogP contribution in [0.25, 0.3) is 0 Å². The van der Waals surface area contributed by atoms with Crippen LogP contribution in [0.3, 0.4) is 0 Å². The average molecular weight is 245 g/mol. The van der Waals surface area contributed by atoms with E-state index in [1.165, 1.54) is 5.56 Å². The van der Waals surface area contributed by atoms with Gasteiger partial charge in [-0.1, -0.05) is 0 Å². The molecule has 0 radical (unpaired) electrons. The van der Waals surface area contributed by atoms with Crippen LogP contribution in [0.2, 0.25) is 0 Å². The van der Waals surface area contributed by atoms with Crippen molar-refractivity contribution in [3.63, 3.8) is 0 Å². The average Bonchev–Trinajstić information content (AvgIpc) is 2.78. The lowest BCUT2D eigenvalue weighted by Gasteiger charge is -2.21. The molecule has 1 aromatic rings. The molecule has 0 bridgehead atoms. The molecule has 1 fully saturated rings. The number of ketones is 1. The minimum absolute atomic E-state index is 0.198. The zero-order valence-corrected chi connectivity index (χ0v) is 10.7. The van der Waals surface area contributed by atoms with Gasteiger partial charge in [-0.2, -0.15) is 0 Å². The maximum atomic E-state index is 12.4. The largest absolute Gasteiger partial charge is 0.490 e. The molecule has 2 aliphatic rings. The number of piperidine rings is 1. The van der Waals surface area contributed by atoms with E-state index in [4.69, 9.17) is 4.74 Å². The minimum atomic E-state index is 0.198. The summed E-state index contributed by atoms with van der Waals surface area (Å²) in [4.78, 5) is 12.4. The van der Waals surface area contributed by atoms with Crippen LogP contribution < -0.4 is 10.1 Å². The first-order valence-corrected chi connectivity index (χ1v) is 6.78. The molecule has 3 heteroatoms. The Kier molecular flexibility index (Phi) is 3.08. The first kappa shape index (κ1) is 11.7. The topological polar surface area (TPSA) is 38.3 Å². The van der Waals surface area contributed by atoms with Gasteiger partial charge in [-0.25, -0.2) is 0 Å². The zero-order chi connectivity index (χ0) is 12.5. The van der Waals surface area contributed by atoms with Gasteiger partial charge in [0.05, 0.1) is 0 Å². The van der Waals surface area contributed by atoms with E-state index in [2.05, 4.69) is 12.2 Å². The second-order valence-corrected chi connectivity index (χ2v) is 5.34. The van der Waals surface area contributed by atoms with Crippen molar-refractivity contribution in [2.75, 3.05) is 13.1 Å². The quantitative estimate of drug-likeness (QED) is 0.812. The van der Waals surface area contributed by atoms with E-state index in [0.29, 0.717) is 5.78 Å². The molecule has 1 unspecified atom stereocenters. The molecule has 2 aliphatic heterocycles. The smallest absolute Gasteiger partial charge is 0.166 e. The molecule has 1 aromatic carbocycles. The second kappa shape index (κ2) is 4.73. The van der Waals surface area contributed by atoms with Gasteiger partial charge in [0, 0.05) is 17.9 Å². The third kappa shape index (κ3) is 2.15. The highest BCUT2D eigenvalue weighted by molar-refractivity contribution is 5.98. The highest BCUT2D eigenvalue weighted by Crippen LogP contribution is 2.30. The summed E-state index contributed by atoms with van der Waals surface area (Å²) < 4.78 is 5.67. The fourth-order valence-electron chi connectivity index (χ4n) is 2.90. The van der Waals surface area contributed by atoms with Gasteiger partial charge in [-0.15, -0.1) is 0 Å². The van der Waals surface area contributed by atoms with Crippen molar-refractivity contribution in [2.24, 2.45) is 5.92 Å². The van der Waals surface area contributed by atoms with Crippen LogP contribution in [0.1, 0.15) is 35.7 Å². The summed E-state index contributed by atoms with van der Waals surface area (Å²) in [5.41, 5.74) is 2.04. The third-order valence-electron chi connectivity index (χ3n) is 3.89. The predicted octanol–water partition coefficient (Wildman–Crippen LogP) is 2.19. The van der Waals surface area contributed by atoms with Crippen molar-refractivity contribution in [1.29, 1.82) is 0 Å². The molecule has 1 atom stereocenters. The van der Waals surface area contributed by atoms with Crippen LogP contribution in [-0.2, 0) is 6.42 Å². The van der Waals surface area contributed by atoms with Crippen LogP contribution >= 0.6 is 0 Å². The molecule has 96 valence electrons. The molecule has 0 amide bonds. The van der Waals surface area contributed by atoms with Crippen molar-refractivity contribution in [3.8, 4) is 5.75 Å². The van der Waals surface area contributed by atoms with Gasteiger partial charge in [0.2, 0.25) is 0 Å². The number of carbonyl (C=O) groups is 1. The number of rotatable bonds is 2. The van der Waals surface area contributed by atoms with Crippen LogP contribution in [0.4, 0.5) is 0 Å². The van der Waals surface area contributed by atoms with Gasteiger partial charge in [0.1, 0.15) is 11.9 Å². The van der Waals surface area contributed by atoms with Gasteiger partial charge in [-0.05, 0) is 56.6 Å². The Balaban J connectivity index is 1.80. The number of fused-ring (bicyclic) bond motifs is 1. The summed E-state index contributed by atoms with van der Waals surface area (Å²) in [6.45, 7) is 3.98. The van der Waals surface area contributed by atoms with E-state index in [9.17, 15) is 4.79 Å². The second-order valence-electron chi connectivity index (χ2n) is 5.34. The number of nitrogens with one attached hydrogen (secondary N) is 1. The summed E-state index contributed by atoms with van der Waals surface area (Å²) >= 11 is 0. The van der Waals surface area contributed by atoms with E-state index in [-0.39, 0.29) is 12.0 Å². The lowest BCUT2D eigenvalue weighted by atomic mass is 9.89. The van der Waals surface area contributed by atoms with Gasteiger partial charge >= 0.3 is 0 Å². The highest BCUT2D eigenvalue weighted by Gasteiger charge is 2.25. The maximum absolute atomic E-state index is 12.4. The molecule has 1 N–H and O–H groups in total. The summed E-state index contributed by atoms with van der Waals surface area (Å²) in [5, 5.41) is 3.30. The van der Waals surface area contributed by atoms with E-state index in [1.54, 1.807) is 0 Å². The van der Waals surface area contributed by atoms with Crippen molar-refractivity contribution in [1.82, 2.24) is 5.32 Å². The first-order chi connectivity index (χ1) is 8.74. The summed E-state index contributed by atoms with van der Waals surface area (Å²) in [5.74, 6) is 1.45. The number of ether oxygens (including phenoxy) is 1. The number of benzene rings is 1. The maximum Gasteiger partial charge on any atom is 0.166 e. The fourth-order valence-corrected chi connectivity index (χ4v) is 2.90. The molecule has 0 aromatic heterocycles. The Bertz CT molecular complexity index is 464. The first-order valence-electron chi connectivity index (χ1n) is 6.78. The predicted molar refractivity (Wildman–Crippen MR) is 70.2 cm³/mol. The Morgan fingerprint density at radius 1 is 1.33 bits per heavy atom. The zero-order valence-electron chi connectivity index (χ0n) is 10.7. The van der Waals surface area contributed by atoms with E-state index >= 15 is 0 Å². The number of carbonyl (C=O) groups excluding carboxylic acids is 1. The van der Waals surface area contributed by atoms with Gasteiger partial charge < -0.3 is 10.1 Å². The van der Waals surface area contributed by atoms with Crippen LogP contribution in [0.15, 0.2) is 18.2 Å². The Morgan fingerprint density at radius 2 is 2.11 bits per heavy atom. The van der Waals surface area contributed by atoms with Crippen LogP contribution in [-0.4, -0.2) is 25.0 Å². The molecule has 0 aliphatic carbocycles. The Morgan fingerprint density at radius 3 is 2.89 bits per heavy atom. The van der Waals surface area contributed by atoms with Gasteiger partial charge in [0.25, 0.3) is 0 Å². The van der Waals surface area contributed by atoms with E-state index in [1.807, 2.05) is 18.2 Å². The molecular formula is C15H19NO2. The molecule has 3 rings (SSSR count). The van der Waals surface area contributed by atoms with Crippen molar-refractivity contribution < 1.29 is 9.53 Å². The van der Waals surface area contributed by atoms with Crippen LogP contribution in [0.5, 0.6) is 5.75 Å². The molecule has 0 spiro atoms. The summed E-state index contributed by atoms with van der Waals surface area (Å²) in [6, 6.07) is 5.90. The highest BCUT2D eigenvalue weighted by atomic mass is 16.5. The van der Waals surface area contributed by atoms with E-state index < -0.39 is 0 Å². The standard InChI is InChI=1S/C15H19NO2/c1-10-8-13-9-12(2-3-14(13)18-10)15(17)11-4-6-16-7-5-11/h2-3,9-11,16H,4-8H2,1H3. The minimum Gasteiger partial charge on any atom is -0.490 e.